The minimum Gasteiger partial charge on any atom is -0.391 e. The van der Waals surface area contributed by atoms with Crippen molar-refractivity contribution in [3.05, 3.63) is 0 Å². The lowest BCUT2D eigenvalue weighted by Gasteiger charge is -2.21. The van der Waals surface area contributed by atoms with Gasteiger partial charge in [0.15, 0.2) is 5.78 Å². The molecule has 0 aromatic heterocycles. The van der Waals surface area contributed by atoms with Crippen LogP contribution in [0.15, 0.2) is 0 Å². The van der Waals surface area contributed by atoms with Crippen LogP contribution in [-0.4, -0.2) is 53.1 Å². The van der Waals surface area contributed by atoms with Crippen LogP contribution in [0.3, 0.4) is 0 Å². The summed E-state index contributed by atoms with van der Waals surface area (Å²) in [5, 5.41) is 26.5. The number of aliphatic hydroxyl groups is 3. The van der Waals surface area contributed by atoms with Crippen molar-refractivity contribution in [3.8, 4) is 0 Å². The van der Waals surface area contributed by atoms with Crippen molar-refractivity contribution in [2.75, 3.05) is 13.7 Å². The van der Waals surface area contributed by atoms with Gasteiger partial charge in [-0.25, -0.2) is 0 Å². The highest BCUT2D eigenvalue weighted by Gasteiger charge is 2.28. The summed E-state index contributed by atoms with van der Waals surface area (Å²) in [6.07, 6.45) is -3.52. The number of rotatable bonds is 5. The maximum Gasteiger partial charge on any atom is 0.189 e. The SMILES string of the molecule is CO[C@@H](C(=O)CO)[C@@H](O)[C@H](C)O. The van der Waals surface area contributed by atoms with Crippen molar-refractivity contribution in [2.24, 2.45) is 0 Å². The number of aliphatic hydroxyl groups excluding tert-OH is 3. The molecule has 5 heteroatoms. The molecule has 5 nitrogen and oxygen atoms in total. The molecule has 72 valence electrons. The van der Waals surface area contributed by atoms with Crippen LogP contribution in [0.5, 0.6) is 0 Å². The summed E-state index contributed by atoms with van der Waals surface area (Å²) < 4.78 is 4.61. The molecule has 0 bridgehead atoms. The number of hydrogen-bond donors (Lipinski definition) is 3. The Morgan fingerprint density at radius 3 is 2.25 bits per heavy atom. The second-order valence-electron chi connectivity index (χ2n) is 2.51. The Balaban J connectivity index is 4.23. The summed E-state index contributed by atoms with van der Waals surface area (Å²) >= 11 is 0. The minimum absolute atomic E-state index is 0.647. The van der Waals surface area contributed by atoms with E-state index in [4.69, 9.17) is 10.2 Å². The Labute approximate surface area is 70.6 Å². The molecule has 0 spiro atoms. The summed E-state index contributed by atoms with van der Waals surface area (Å²) in [6.45, 7) is 0.629. The van der Waals surface area contributed by atoms with E-state index in [1.165, 1.54) is 14.0 Å². The molecule has 0 aromatic rings. The molecule has 0 amide bonds. The number of hydrogen-bond acceptors (Lipinski definition) is 5. The number of ether oxygens (including phenoxy) is 1. The number of carbonyl (C=O) groups is 1. The first-order valence-corrected chi connectivity index (χ1v) is 3.57. The monoisotopic (exact) mass is 178 g/mol. The van der Waals surface area contributed by atoms with Gasteiger partial charge in [0.1, 0.15) is 18.8 Å². The number of methoxy groups -OCH3 is 1. The zero-order chi connectivity index (χ0) is 9.72. The van der Waals surface area contributed by atoms with Crippen LogP contribution in [0, 0.1) is 0 Å². The normalized spacial score (nSPS) is 18.4. The topological polar surface area (TPSA) is 87.0 Å². The van der Waals surface area contributed by atoms with Crippen LogP contribution in [0.1, 0.15) is 6.92 Å². The molecule has 12 heavy (non-hydrogen) atoms. The lowest BCUT2D eigenvalue weighted by molar-refractivity contribution is -0.144. The predicted molar refractivity (Wildman–Crippen MR) is 40.6 cm³/mol. The fourth-order valence-electron chi connectivity index (χ4n) is 0.804. The molecule has 0 unspecified atom stereocenters. The fourth-order valence-corrected chi connectivity index (χ4v) is 0.804. The summed E-state index contributed by atoms with van der Waals surface area (Å²) in [4.78, 5) is 10.8. The van der Waals surface area contributed by atoms with E-state index in [-0.39, 0.29) is 0 Å². The van der Waals surface area contributed by atoms with E-state index >= 15 is 0 Å². The van der Waals surface area contributed by atoms with Crippen LogP contribution in [0.4, 0.5) is 0 Å². The lowest BCUT2D eigenvalue weighted by Crippen LogP contribution is -2.43. The fraction of sp³-hybridized carbons (Fsp3) is 0.857. The largest absolute Gasteiger partial charge is 0.391 e. The van der Waals surface area contributed by atoms with E-state index in [1.54, 1.807) is 0 Å². The van der Waals surface area contributed by atoms with Crippen molar-refractivity contribution >= 4 is 5.78 Å². The van der Waals surface area contributed by atoms with Crippen molar-refractivity contribution < 1.29 is 24.9 Å². The maximum atomic E-state index is 10.8. The van der Waals surface area contributed by atoms with Gasteiger partial charge >= 0.3 is 0 Å². The third-order valence-electron chi connectivity index (χ3n) is 1.53. The number of Topliss-reactive ketones (excluding diaryl/α,β-unsaturated/α-hetero) is 1. The van der Waals surface area contributed by atoms with E-state index in [2.05, 4.69) is 4.74 Å². The van der Waals surface area contributed by atoms with Gasteiger partial charge in [0.2, 0.25) is 0 Å². The van der Waals surface area contributed by atoms with Gasteiger partial charge in [-0.05, 0) is 6.92 Å². The Morgan fingerprint density at radius 2 is 2.00 bits per heavy atom. The van der Waals surface area contributed by atoms with Crippen LogP contribution in [0.25, 0.3) is 0 Å². The number of carbonyl (C=O) groups excluding carboxylic acids is 1. The second-order valence-corrected chi connectivity index (χ2v) is 2.51. The van der Waals surface area contributed by atoms with Gasteiger partial charge in [-0.2, -0.15) is 0 Å². The van der Waals surface area contributed by atoms with Crippen LogP contribution in [0.2, 0.25) is 0 Å². The molecular formula is C7H14O5. The quantitative estimate of drug-likeness (QED) is 0.467. The maximum absolute atomic E-state index is 10.8. The first kappa shape index (κ1) is 11.5. The highest BCUT2D eigenvalue weighted by atomic mass is 16.5. The summed E-state index contributed by atoms with van der Waals surface area (Å²) in [7, 11) is 1.23. The van der Waals surface area contributed by atoms with E-state index in [0.717, 1.165) is 0 Å². The second kappa shape index (κ2) is 5.21. The molecular weight excluding hydrogens is 164 g/mol. The molecule has 3 atom stereocenters. The summed E-state index contributed by atoms with van der Waals surface area (Å²) in [6, 6.07) is 0. The predicted octanol–water partition coefficient (Wildman–Crippen LogP) is -1.70. The Kier molecular flexibility index (Phi) is 5.00. The van der Waals surface area contributed by atoms with Crippen molar-refractivity contribution in [2.45, 2.75) is 25.2 Å². The zero-order valence-electron chi connectivity index (χ0n) is 7.10. The van der Waals surface area contributed by atoms with Gasteiger partial charge in [-0.1, -0.05) is 0 Å². The molecule has 0 fully saturated rings. The third-order valence-corrected chi connectivity index (χ3v) is 1.53. The lowest BCUT2D eigenvalue weighted by atomic mass is 10.1. The van der Waals surface area contributed by atoms with Crippen LogP contribution in [-0.2, 0) is 9.53 Å². The van der Waals surface area contributed by atoms with E-state index < -0.39 is 30.7 Å². The van der Waals surface area contributed by atoms with Gasteiger partial charge in [0.25, 0.3) is 0 Å². The molecule has 0 rings (SSSR count). The summed E-state index contributed by atoms with van der Waals surface area (Å²) in [5.41, 5.74) is 0. The van der Waals surface area contributed by atoms with Crippen molar-refractivity contribution in [1.29, 1.82) is 0 Å². The van der Waals surface area contributed by atoms with E-state index in [9.17, 15) is 9.90 Å². The zero-order valence-corrected chi connectivity index (χ0v) is 7.10. The first-order valence-electron chi connectivity index (χ1n) is 3.57. The van der Waals surface area contributed by atoms with Gasteiger partial charge < -0.3 is 20.1 Å². The average molecular weight is 178 g/mol. The molecule has 3 N–H and O–H groups in total. The third kappa shape index (κ3) is 2.86. The molecule has 0 aliphatic heterocycles. The highest BCUT2D eigenvalue weighted by Crippen LogP contribution is 2.04. The average Bonchev–Trinajstić information content (AvgIpc) is 2.05. The Morgan fingerprint density at radius 1 is 1.50 bits per heavy atom. The molecule has 0 aromatic carbocycles. The van der Waals surface area contributed by atoms with Crippen molar-refractivity contribution in [1.82, 2.24) is 0 Å². The van der Waals surface area contributed by atoms with Crippen LogP contribution >= 0.6 is 0 Å². The van der Waals surface area contributed by atoms with E-state index in [0.29, 0.717) is 0 Å². The highest BCUT2D eigenvalue weighted by molar-refractivity contribution is 5.84. The Hall–Kier alpha value is -0.490. The standard InChI is InChI=1S/C7H14O5/c1-4(9)6(11)7(12-2)5(10)3-8/h4,6-9,11H,3H2,1-2H3/t4-,6-,7-/m0/s1. The first-order chi connectivity index (χ1) is 5.54. The van der Waals surface area contributed by atoms with E-state index in [1.807, 2.05) is 0 Å². The van der Waals surface area contributed by atoms with Crippen molar-refractivity contribution in [3.63, 3.8) is 0 Å². The minimum atomic E-state index is -1.30. The Bertz CT molecular complexity index is 145. The summed E-state index contributed by atoms with van der Waals surface area (Å²) in [5.74, 6) is -0.647. The molecule has 0 radical (unpaired) electrons. The molecule has 0 saturated carbocycles. The smallest absolute Gasteiger partial charge is 0.189 e. The number of ketones is 1. The molecule has 0 aliphatic carbocycles. The van der Waals surface area contributed by atoms with Gasteiger partial charge in [-0.3, -0.25) is 4.79 Å². The van der Waals surface area contributed by atoms with Gasteiger partial charge in [0, 0.05) is 7.11 Å². The molecule has 0 aliphatic rings. The van der Waals surface area contributed by atoms with Gasteiger partial charge in [-0.15, -0.1) is 0 Å². The van der Waals surface area contributed by atoms with Crippen LogP contribution < -0.4 is 0 Å². The molecule has 0 saturated heterocycles. The van der Waals surface area contributed by atoms with Gasteiger partial charge in [0.05, 0.1) is 6.10 Å². The molecule has 0 heterocycles.